The highest BCUT2D eigenvalue weighted by molar-refractivity contribution is 7.21. The van der Waals surface area contributed by atoms with Crippen LogP contribution in [0.25, 0.3) is 10.1 Å². The Labute approximate surface area is 136 Å². The number of aromatic nitrogens is 1. The van der Waals surface area contributed by atoms with E-state index < -0.39 is 0 Å². The minimum absolute atomic E-state index is 0.318. The molecule has 0 aliphatic rings. The molecular formula is C16H12ClN3OS. The van der Waals surface area contributed by atoms with E-state index in [-0.39, 0.29) is 5.91 Å². The highest BCUT2D eigenvalue weighted by Crippen LogP contribution is 2.34. The van der Waals surface area contributed by atoms with Crippen molar-refractivity contribution in [3.05, 3.63) is 64.3 Å². The standard InChI is InChI=1S/C16H12ClN3OS/c1-10(12-7-4-5-9-18-12)19-20-16(21)15-14(17)11-6-2-3-8-13(11)22-15/h2-9H,1H3,(H,20,21). The van der Waals surface area contributed by atoms with Crippen molar-refractivity contribution < 1.29 is 4.79 Å². The van der Waals surface area contributed by atoms with E-state index in [2.05, 4.69) is 15.5 Å². The van der Waals surface area contributed by atoms with E-state index in [9.17, 15) is 4.79 Å². The lowest BCUT2D eigenvalue weighted by molar-refractivity contribution is 0.0959. The van der Waals surface area contributed by atoms with Crippen molar-refractivity contribution in [2.75, 3.05) is 0 Å². The van der Waals surface area contributed by atoms with Crippen LogP contribution in [0.5, 0.6) is 0 Å². The fraction of sp³-hybridized carbons (Fsp3) is 0.0625. The average Bonchev–Trinajstić information content (AvgIpc) is 2.90. The van der Waals surface area contributed by atoms with E-state index >= 15 is 0 Å². The van der Waals surface area contributed by atoms with Gasteiger partial charge in [-0.2, -0.15) is 5.10 Å². The van der Waals surface area contributed by atoms with Gasteiger partial charge in [0, 0.05) is 16.3 Å². The summed E-state index contributed by atoms with van der Waals surface area (Å²) in [6.45, 7) is 1.79. The molecule has 0 spiro atoms. The number of rotatable bonds is 3. The number of pyridine rings is 1. The Hall–Kier alpha value is -2.24. The van der Waals surface area contributed by atoms with Gasteiger partial charge >= 0.3 is 0 Å². The summed E-state index contributed by atoms with van der Waals surface area (Å²) in [6.07, 6.45) is 1.68. The molecule has 0 radical (unpaired) electrons. The molecule has 1 aromatic carbocycles. The molecule has 1 amide bonds. The zero-order chi connectivity index (χ0) is 15.5. The predicted octanol–water partition coefficient (Wildman–Crippen LogP) is 4.10. The number of halogens is 1. The molecule has 22 heavy (non-hydrogen) atoms. The monoisotopic (exact) mass is 329 g/mol. The fourth-order valence-electron chi connectivity index (χ4n) is 1.98. The quantitative estimate of drug-likeness (QED) is 0.581. The second kappa shape index (κ2) is 6.25. The molecule has 0 bridgehead atoms. The molecule has 2 heterocycles. The lowest BCUT2D eigenvalue weighted by Crippen LogP contribution is -2.18. The third-order valence-corrected chi connectivity index (χ3v) is 4.78. The topological polar surface area (TPSA) is 54.4 Å². The van der Waals surface area contributed by atoms with Crippen molar-refractivity contribution >= 4 is 44.6 Å². The molecule has 2 aromatic heterocycles. The molecule has 1 N–H and O–H groups in total. The Morgan fingerprint density at radius 3 is 2.73 bits per heavy atom. The van der Waals surface area contributed by atoms with Gasteiger partial charge in [-0.05, 0) is 25.1 Å². The molecule has 0 aliphatic carbocycles. The van der Waals surface area contributed by atoms with Gasteiger partial charge in [-0.3, -0.25) is 9.78 Å². The summed E-state index contributed by atoms with van der Waals surface area (Å²) in [4.78, 5) is 16.9. The summed E-state index contributed by atoms with van der Waals surface area (Å²) in [5.41, 5.74) is 3.88. The molecule has 0 atom stereocenters. The molecule has 3 rings (SSSR count). The van der Waals surface area contributed by atoms with E-state index in [1.165, 1.54) is 11.3 Å². The van der Waals surface area contributed by atoms with Gasteiger partial charge in [0.2, 0.25) is 0 Å². The first kappa shape index (κ1) is 14.7. The SMILES string of the molecule is CC(=NNC(=O)c1sc2ccccc2c1Cl)c1ccccn1. The highest BCUT2D eigenvalue weighted by atomic mass is 35.5. The maximum atomic E-state index is 12.3. The summed E-state index contributed by atoms with van der Waals surface area (Å²) in [7, 11) is 0. The Balaban J connectivity index is 1.83. The largest absolute Gasteiger partial charge is 0.283 e. The van der Waals surface area contributed by atoms with Crippen LogP contribution >= 0.6 is 22.9 Å². The lowest BCUT2D eigenvalue weighted by Gasteiger charge is -2.01. The molecule has 0 aliphatic heterocycles. The first-order valence-corrected chi connectivity index (χ1v) is 7.79. The number of hydrazone groups is 1. The Kier molecular flexibility index (Phi) is 4.18. The van der Waals surface area contributed by atoms with E-state index in [1.54, 1.807) is 13.1 Å². The second-order valence-corrected chi connectivity index (χ2v) is 6.02. The van der Waals surface area contributed by atoms with Crippen molar-refractivity contribution in [1.82, 2.24) is 10.4 Å². The molecule has 0 saturated carbocycles. The molecule has 0 fully saturated rings. The molecular weight excluding hydrogens is 318 g/mol. The first-order chi connectivity index (χ1) is 10.7. The number of carbonyl (C=O) groups excluding carboxylic acids is 1. The summed E-state index contributed by atoms with van der Waals surface area (Å²) in [5.74, 6) is -0.318. The number of hydrogen-bond acceptors (Lipinski definition) is 4. The molecule has 3 aromatic rings. The normalized spacial score (nSPS) is 11.6. The molecule has 110 valence electrons. The molecule has 6 heteroatoms. The fourth-order valence-corrected chi connectivity index (χ4v) is 3.39. The van der Waals surface area contributed by atoms with Crippen molar-refractivity contribution in [1.29, 1.82) is 0 Å². The predicted molar refractivity (Wildman–Crippen MR) is 90.7 cm³/mol. The van der Waals surface area contributed by atoms with Crippen molar-refractivity contribution in [3.63, 3.8) is 0 Å². The van der Waals surface area contributed by atoms with Crippen LogP contribution in [0, 0.1) is 0 Å². The summed E-state index contributed by atoms with van der Waals surface area (Å²) >= 11 is 7.62. The van der Waals surface area contributed by atoms with Crippen LogP contribution in [-0.4, -0.2) is 16.6 Å². The number of thiophene rings is 1. The number of amides is 1. The smallest absolute Gasteiger partial charge is 0.266 e. The zero-order valence-corrected chi connectivity index (χ0v) is 13.3. The van der Waals surface area contributed by atoms with Crippen LogP contribution in [0.3, 0.4) is 0 Å². The highest BCUT2D eigenvalue weighted by Gasteiger charge is 2.16. The van der Waals surface area contributed by atoms with Crippen LogP contribution in [0.15, 0.2) is 53.8 Å². The van der Waals surface area contributed by atoms with Crippen LogP contribution in [0.4, 0.5) is 0 Å². The van der Waals surface area contributed by atoms with Gasteiger partial charge in [0.05, 0.1) is 16.4 Å². The number of nitrogens with zero attached hydrogens (tertiary/aromatic N) is 2. The van der Waals surface area contributed by atoms with Gasteiger partial charge in [0.25, 0.3) is 5.91 Å². The van der Waals surface area contributed by atoms with E-state index in [0.717, 1.165) is 10.1 Å². The summed E-state index contributed by atoms with van der Waals surface area (Å²) in [6, 6.07) is 13.2. The third kappa shape index (κ3) is 2.86. The Morgan fingerprint density at radius 1 is 1.23 bits per heavy atom. The maximum Gasteiger partial charge on any atom is 0.283 e. The minimum Gasteiger partial charge on any atom is -0.266 e. The van der Waals surface area contributed by atoms with Gasteiger partial charge in [0.1, 0.15) is 4.88 Å². The number of fused-ring (bicyclic) bond motifs is 1. The molecule has 0 unspecified atom stereocenters. The van der Waals surface area contributed by atoms with Gasteiger partial charge in [0.15, 0.2) is 0 Å². The van der Waals surface area contributed by atoms with Crippen LogP contribution < -0.4 is 5.43 Å². The number of carbonyl (C=O) groups is 1. The average molecular weight is 330 g/mol. The van der Waals surface area contributed by atoms with Crippen LogP contribution in [-0.2, 0) is 0 Å². The molecule has 4 nitrogen and oxygen atoms in total. The van der Waals surface area contributed by atoms with E-state index in [1.807, 2.05) is 42.5 Å². The van der Waals surface area contributed by atoms with E-state index in [4.69, 9.17) is 11.6 Å². The number of nitrogens with one attached hydrogen (secondary N) is 1. The second-order valence-electron chi connectivity index (χ2n) is 4.59. The zero-order valence-electron chi connectivity index (χ0n) is 11.7. The van der Waals surface area contributed by atoms with Crippen LogP contribution in [0.2, 0.25) is 5.02 Å². The van der Waals surface area contributed by atoms with Crippen LogP contribution in [0.1, 0.15) is 22.3 Å². The van der Waals surface area contributed by atoms with Gasteiger partial charge in [-0.15, -0.1) is 11.3 Å². The Bertz CT molecular complexity index is 858. The van der Waals surface area contributed by atoms with Gasteiger partial charge in [-0.1, -0.05) is 35.9 Å². The van der Waals surface area contributed by atoms with Gasteiger partial charge < -0.3 is 0 Å². The molecule has 0 saturated heterocycles. The summed E-state index contributed by atoms with van der Waals surface area (Å²) in [5, 5.41) is 5.43. The van der Waals surface area contributed by atoms with Gasteiger partial charge in [-0.25, -0.2) is 5.43 Å². The number of hydrogen-bond donors (Lipinski definition) is 1. The first-order valence-electron chi connectivity index (χ1n) is 6.60. The maximum absolute atomic E-state index is 12.3. The lowest BCUT2D eigenvalue weighted by atomic mass is 10.2. The van der Waals surface area contributed by atoms with Crippen molar-refractivity contribution in [3.8, 4) is 0 Å². The third-order valence-electron chi connectivity index (χ3n) is 3.10. The van der Waals surface area contributed by atoms with E-state index in [0.29, 0.717) is 21.3 Å². The van der Waals surface area contributed by atoms with Crippen molar-refractivity contribution in [2.45, 2.75) is 6.92 Å². The van der Waals surface area contributed by atoms with Crippen molar-refractivity contribution in [2.24, 2.45) is 5.10 Å². The Morgan fingerprint density at radius 2 is 2.00 bits per heavy atom. The number of benzene rings is 1. The minimum atomic E-state index is -0.318. The summed E-state index contributed by atoms with van der Waals surface area (Å²) < 4.78 is 0.975.